The lowest BCUT2D eigenvalue weighted by molar-refractivity contribution is -0.121. The number of carbonyl (C=O) groups excluding carboxylic acids is 1. The van der Waals surface area contributed by atoms with Crippen molar-refractivity contribution in [2.24, 2.45) is 11.8 Å². The molecular weight excluding hydrogens is 388 g/mol. The van der Waals surface area contributed by atoms with E-state index in [1.54, 1.807) is 13.3 Å². The number of ether oxygens (including phenoxy) is 1. The average molecular weight is 410 g/mol. The van der Waals surface area contributed by atoms with Crippen LogP contribution in [0.1, 0.15) is 31.5 Å². The monoisotopic (exact) mass is 410 g/mol. The number of pyridine rings is 1. The number of aromatic nitrogens is 3. The Bertz CT molecular complexity index is 1300. The Morgan fingerprint density at radius 2 is 2.03 bits per heavy atom. The maximum Gasteiger partial charge on any atom is 0.226 e. The summed E-state index contributed by atoms with van der Waals surface area (Å²) in [5.74, 6) is 0.918. The van der Waals surface area contributed by atoms with Gasteiger partial charge < -0.3 is 9.53 Å². The van der Waals surface area contributed by atoms with Crippen molar-refractivity contribution in [3.8, 4) is 17.3 Å². The van der Waals surface area contributed by atoms with Gasteiger partial charge in [0, 0.05) is 34.0 Å². The molecule has 2 aromatic heterocycles. The Labute approximate surface area is 180 Å². The molecule has 0 saturated carbocycles. The molecule has 0 aliphatic heterocycles. The third-order valence-electron chi connectivity index (χ3n) is 6.86. The van der Waals surface area contributed by atoms with Gasteiger partial charge in [-0.1, -0.05) is 38.1 Å². The molecule has 5 rings (SSSR count). The number of fused-ring (bicyclic) bond motifs is 4. The minimum Gasteiger partial charge on any atom is -0.481 e. The number of carbonyl (C=O) groups is 1. The first-order valence-corrected chi connectivity index (χ1v) is 10.4. The van der Waals surface area contributed by atoms with Gasteiger partial charge in [-0.05, 0) is 30.9 Å². The highest BCUT2D eigenvalue weighted by Crippen LogP contribution is 2.51. The van der Waals surface area contributed by atoms with Gasteiger partial charge in [-0.25, -0.2) is 9.83 Å². The summed E-state index contributed by atoms with van der Waals surface area (Å²) in [6.07, 6.45) is 5.16. The quantitative estimate of drug-likeness (QED) is 0.580. The van der Waals surface area contributed by atoms with Gasteiger partial charge >= 0.3 is 0 Å². The van der Waals surface area contributed by atoms with E-state index in [1.807, 2.05) is 43.3 Å². The molecule has 0 amide bonds. The number of hydrogen-bond acceptors (Lipinski definition) is 5. The van der Waals surface area contributed by atoms with Crippen LogP contribution in [-0.2, 0) is 16.6 Å². The second-order valence-corrected chi connectivity index (χ2v) is 8.48. The lowest BCUT2D eigenvalue weighted by Gasteiger charge is -2.45. The molecule has 1 aromatic carbocycles. The second kappa shape index (κ2) is 6.98. The Hall–Kier alpha value is -3.59. The number of para-hydroxylation sites is 1. The molecule has 0 saturated heterocycles. The fourth-order valence-electron chi connectivity index (χ4n) is 5.29. The number of nitrogens with zero attached hydrogens (tertiary/aromatic N) is 4. The summed E-state index contributed by atoms with van der Waals surface area (Å²) in [5.41, 5.74) is 3.24. The summed E-state index contributed by atoms with van der Waals surface area (Å²) in [7, 11) is 1.62. The van der Waals surface area contributed by atoms with Crippen molar-refractivity contribution in [2.45, 2.75) is 32.1 Å². The van der Waals surface area contributed by atoms with Crippen LogP contribution in [0.25, 0.3) is 27.1 Å². The fraction of sp³-hybridized carbons (Fsp3) is 0.320. The standard InChI is InChI=1S/C25H22N4O2/c1-14-18-10-9-17-22(25(18,2)13-20(26-3)21(14)30)28-23(29-24(17)31-4)16-11-12-27-19-8-6-5-7-15(16)19/h5-8,11-14,18H,9-10H2,1-2,4H3/t14-,18-,25-/m1/s1. The number of benzene rings is 1. The first-order chi connectivity index (χ1) is 15.0. The van der Waals surface area contributed by atoms with Gasteiger partial charge in [-0.2, -0.15) is 4.98 Å². The third kappa shape index (κ3) is 2.77. The lowest BCUT2D eigenvalue weighted by Crippen LogP contribution is -2.46. The zero-order valence-electron chi connectivity index (χ0n) is 17.7. The highest BCUT2D eigenvalue weighted by Gasteiger charge is 2.49. The molecule has 0 radical (unpaired) electrons. The zero-order valence-corrected chi connectivity index (χ0v) is 17.7. The van der Waals surface area contributed by atoms with Crippen molar-refractivity contribution >= 4 is 16.7 Å². The minimum absolute atomic E-state index is 0.0673. The van der Waals surface area contributed by atoms with Gasteiger partial charge in [0.2, 0.25) is 11.6 Å². The van der Waals surface area contributed by atoms with Gasteiger partial charge in [0.25, 0.3) is 0 Å². The summed E-state index contributed by atoms with van der Waals surface area (Å²) in [4.78, 5) is 30.5. The fourth-order valence-corrected chi connectivity index (χ4v) is 5.29. The van der Waals surface area contributed by atoms with E-state index in [9.17, 15) is 4.79 Å². The van der Waals surface area contributed by atoms with Gasteiger partial charge in [0.1, 0.15) is 0 Å². The van der Waals surface area contributed by atoms with Crippen LogP contribution >= 0.6 is 0 Å². The number of allylic oxidation sites excluding steroid dienone is 2. The first-order valence-electron chi connectivity index (χ1n) is 10.4. The molecule has 6 heteroatoms. The first kappa shape index (κ1) is 19.4. The lowest BCUT2D eigenvalue weighted by atomic mass is 9.58. The minimum atomic E-state index is -0.533. The average Bonchev–Trinajstić information content (AvgIpc) is 2.80. The highest BCUT2D eigenvalue weighted by atomic mass is 16.5. The van der Waals surface area contributed by atoms with Crippen LogP contribution in [0, 0.1) is 18.4 Å². The van der Waals surface area contributed by atoms with E-state index in [-0.39, 0.29) is 23.3 Å². The van der Waals surface area contributed by atoms with E-state index in [0.717, 1.165) is 40.6 Å². The van der Waals surface area contributed by atoms with Crippen LogP contribution in [0.5, 0.6) is 5.88 Å². The molecule has 2 aliphatic rings. The Morgan fingerprint density at radius 1 is 1.23 bits per heavy atom. The molecule has 2 heterocycles. The van der Waals surface area contributed by atoms with Crippen molar-refractivity contribution in [3.05, 3.63) is 71.0 Å². The molecule has 2 aliphatic carbocycles. The molecular formula is C25H22N4O2. The second-order valence-electron chi connectivity index (χ2n) is 8.48. The molecule has 3 atom stereocenters. The summed E-state index contributed by atoms with van der Waals surface area (Å²) >= 11 is 0. The Morgan fingerprint density at radius 3 is 2.81 bits per heavy atom. The Kier molecular flexibility index (Phi) is 4.37. The maximum atomic E-state index is 12.7. The predicted octanol–water partition coefficient (Wildman–Crippen LogP) is 4.54. The SMILES string of the molecule is [C-]#[N+]C1=C[C@@]2(C)c3nc(-c4ccnc5ccccc45)nc(OC)c3CC[C@@H]2[C@@H](C)C1=O. The van der Waals surface area contributed by atoms with Gasteiger partial charge in [0.15, 0.2) is 11.6 Å². The van der Waals surface area contributed by atoms with Gasteiger partial charge in [-0.3, -0.25) is 4.98 Å². The molecule has 0 bridgehead atoms. The Balaban J connectivity index is 1.79. The predicted molar refractivity (Wildman–Crippen MR) is 117 cm³/mol. The van der Waals surface area contributed by atoms with Crippen molar-refractivity contribution in [1.29, 1.82) is 0 Å². The summed E-state index contributed by atoms with van der Waals surface area (Å²) < 4.78 is 5.70. The number of rotatable bonds is 2. The number of ketones is 1. The summed E-state index contributed by atoms with van der Waals surface area (Å²) in [6.45, 7) is 11.5. The molecule has 3 aromatic rings. The van der Waals surface area contributed by atoms with Gasteiger partial charge in [-0.15, -0.1) is 0 Å². The van der Waals surface area contributed by atoms with E-state index in [0.29, 0.717) is 11.7 Å². The van der Waals surface area contributed by atoms with Crippen LogP contribution in [0.2, 0.25) is 0 Å². The topological polar surface area (TPSA) is 69.3 Å². The largest absolute Gasteiger partial charge is 0.481 e. The molecule has 0 unspecified atom stereocenters. The molecule has 6 nitrogen and oxygen atoms in total. The number of hydrogen-bond donors (Lipinski definition) is 0. The van der Waals surface area contributed by atoms with Crippen molar-refractivity contribution < 1.29 is 9.53 Å². The number of Topliss-reactive ketones (excluding diaryl/α,β-unsaturated/α-hetero) is 1. The molecule has 31 heavy (non-hydrogen) atoms. The van der Waals surface area contributed by atoms with E-state index in [1.165, 1.54) is 0 Å². The van der Waals surface area contributed by atoms with Crippen LogP contribution < -0.4 is 4.74 Å². The molecule has 0 fully saturated rings. The number of methoxy groups -OCH3 is 1. The molecule has 0 N–H and O–H groups in total. The molecule has 0 spiro atoms. The summed E-state index contributed by atoms with van der Waals surface area (Å²) in [6, 6.07) is 9.82. The normalized spacial score (nSPS) is 24.7. The van der Waals surface area contributed by atoms with Crippen LogP contribution in [-0.4, -0.2) is 27.8 Å². The van der Waals surface area contributed by atoms with E-state index in [4.69, 9.17) is 21.3 Å². The van der Waals surface area contributed by atoms with Crippen molar-refractivity contribution in [3.63, 3.8) is 0 Å². The maximum absolute atomic E-state index is 12.7. The van der Waals surface area contributed by atoms with E-state index in [2.05, 4.69) is 16.8 Å². The van der Waals surface area contributed by atoms with Crippen molar-refractivity contribution in [2.75, 3.05) is 7.11 Å². The van der Waals surface area contributed by atoms with E-state index >= 15 is 0 Å². The third-order valence-corrected chi connectivity index (χ3v) is 6.86. The summed E-state index contributed by atoms with van der Waals surface area (Å²) in [5, 5.41) is 0.967. The van der Waals surface area contributed by atoms with Crippen molar-refractivity contribution in [1.82, 2.24) is 15.0 Å². The van der Waals surface area contributed by atoms with E-state index < -0.39 is 5.41 Å². The zero-order chi connectivity index (χ0) is 21.8. The van der Waals surface area contributed by atoms with Crippen LogP contribution in [0.3, 0.4) is 0 Å². The smallest absolute Gasteiger partial charge is 0.226 e. The molecule has 154 valence electrons. The van der Waals surface area contributed by atoms with Gasteiger partial charge in [0.05, 0.1) is 24.9 Å². The van der Waals surface area contributed by atoms with Crippen LogP contribution in [0.4, 0.5) is 0 Å². The van der Waals surface area contributed by atoms with Crippen LogP contribution in [0.15, 0.2) is 48.3 Å². The highest BCUT2D eigenvalue weighted by molar-refractivity contribution is 6.00.